The van der Waals surface area contributed by atoms with E-state index in [1.165, 1.54) is 0 Å². The Bertz CT molecular complexity index is 370. The van der Waals surface area contributed by atoms with Crippen molar-refractivity contribution in [1.82, 2.24) is 0 Å². The van der Waals surface area contributed by atoms with Gasteiger partial charge in [0.05, 0.1) is 11.9 Å². The molecule has 1 atom stereocenters. The van der Waals surface area contributed by atoms with Crippen molar-refractivity contribution in [3.63, 3.8) is 0 Å². The van der Waals surface area contributed by atoms with Crippen molar-refractivity contribution in [2.45, 2.75) is 25.0 Å². The zero-order valence-corrected chi connectivity index (χ0v) is 10.3. The van der Waals surface area contributed by atoms with Crippen molar-refractivity contribution in [2.24, 2.45) is 0 Å². The molecule has 1 aliphatic rings. The molecule has 0 radical (unpaired) electrons. The molecule has 0 bridgehead atoms. The highest BCUT2D eigenvalue weighted by atomic mass is 32.2. The van der Waals surface area contributed by atoms with Gasteiger partial charge in [-0.15, -0.1) is 0 Å². The SMILES string of the molecule is CCOc1cccc(C(=O)C2CCCS2)c1. The van der Waals surface area contributed by atoms with Gasteiger partial charge in [-0.3, -0.25) is 4.79 Å². The zero-order chi connectivity index (χ0) is 11.4. The van der Waals surface area contributed by atoms with Gasteiger partial charge in [-0.2, -0.15) is 11.8 Å². The topological polar surface area (TPSA) is 26.3 Å². The predicted octanol–water partition coefficient (Wildman–Crippen LogP) is 3.16. The Morgan fingerprint density at radius 1 is 1.56 bits per heavy atom. The van der Waals surface area contributed by atoms with Crippen LogP contribution in [0.2, 0.25) is 0 Å². The average Bonchev–Trinajstić information content (AvgIpc) is 2.82. The van der Waals surface area contributed by atoms with E-state index >= 15 is 0 Å². The minimum absolute atomic E-state index is 0.164. The highest BCUT2D eigenvalue weighted by Gasteiger charge is 2.24. The molecule has 3 heteroatoms. The fraction of sp³-hybridized carbons (Fsp3) is 0.462. The van der Waals surface area contributed by atoms with Gasteiger partial charge in [0.15, 0.2) is 5.78 Å². The third-order valence-electron chi connectivity index (χ3n) is 2.65. The summed E-state index contributed by atoms with van der Waals surface area (Å²) in [7, 11) is 0. The number of hydrogen-bond acceptors (Lipinski definition) is 3. The number of ether oxygens (including phenoxy) is 1. The van der Waals surface area contributed by atoms with Crippen LogP contribution in [0.5, 0.6) is 5.75 Å². The minimum Gasteiger partial charge on any atom is -0.494 e. The Morgan fingerprint density at radius 2 is 2.44 bits per heavy atom. The van der Waals surface area contributed by atoms with Crippen LogP contribution in [0.3, 0.4) is 0 Å². The minimum atomic E-state index is 0.164. The Morgan fingerprint density at radius 3 is 3.12 bits per heavy atom. The van der Waals surface area contributed by atoms with Gasteiger partial charge in [-0.25, -0.2) is 0 Å². The molecule has 1 heterocycles. The van der Waals surface area contributed by atoms with Gasteiger partial charge in [0, 0.05) is 5.56 Å². The van der Waals surface area contributed by atoms with E-state index < -0.39 is 0 Å². The van der Waals surface area contributed by atoms with Crippen LogP contribution in [0.4, 0.5) is 0 Å². The molecule has 1 unspecified atom stereocenters. The molecule has 86 valence electrons. The van der Waals surface area contributed by atoms with Crippen LogP contribution in [0, 0.1) is 0 Å². The van der Waals surface area contributed by atoms with Gasteiger partial charge in [-0.05, 0) is 37.7 Å². The lowest BCUT2D eigenvalue weighted by molar-refractivity contribution is 0.0988. The quantitative estimate of drug-likeness (QED) is 0.751. The van der Waals surface area contributed by atoms with Gasteiger partial charge in [0.1, 0.15) is 5.75 Å². The maximum atomic E-state index is 12.1. The van der Waals surface area contributed by atoms with Crippen LogP contribution in [-0.4, -0.2) is 23.4 Å². The Hall–Kier alpha value is -0.960. The summed E-state index contributed by atoms with van der Waals surface area (Å²) < 4.78 is 5.40. The van der Waals surface area contributed by atoms with Crippen molar-refractivity contribution in [3.05, 3.63) is 29.8 Å². The molecule has 2 rings (SSSR count). The van der Waals surface area contributed by atoms with Gasteiger partial charge < -0.3 is 4.74 Å². The highest BCUT2D eigenvalue weighted by Crippen LogP contribution is 2.29. The fourth-order valence-corrected chi connectivity index (χ4v) is 3.11. The lowest BCUT2D eigenvalue weighted by Gasteiger charge is -2.09. The second-order valence-corrected chi connectivity index (χ2v) is 5.14. The first-order valence-corrected chi connectivity index (χ1v) is 6.75. The summed E-state index contributed by atoms with van der Waals surface area (Å²) in [5.41, 5.74) is 0.783. The number of carbonyl (C=O) groups is 1. The van der Waals surface area contributed by atoms with Crippen molar-refractivity contribution in [1.29, 1.82) is 0 Å². The number of carbonyl (C=O) groups excluding carboxylic acids is 1. The predicted molar refractivity (Wildman–Crippen MR) is 67.4 cm³/mol. The number of rotatable bonds is 4. The van der Waals surface area contributed by atoms with Crippen molar-refractivity contribution in [3.8, 4) is 5.75 Å². The maximum Gasteiger partial charge on any atom is 0.175 e. The third-order valence-corrected chi connectivity index (χ3v) is 4.03. The van der Waals surface area contributed by atoms with Gasteiger partial charge in [-0.1, -0.05) is 12.1 Å². The van der Waals surface area contributed by atoms with E-state index in [1.54, 1.807) is 11.8 Å². The fourth-order valence-electron chi connectivity index (χ4n) is 1.88. The summed E-state index contributed by atoms with van der Waals surface area (Å²) in [6.45, 7) is 2.58. The van der Waals surface area contributed by atoms with Crippen LogP contribution in [-0.2, 0) is 0 Å². The van der Waals surface area contributed by atoms with Crippen LogP contribution in [0.25, 0.3) is 0 Å². The lowest BCUT2D eigenvalue weighted by atomic mass is 10.1. The Balaban J connectivity index is 2.12. The smallest absolute Gasteiger partial charge is 0.175 e. The molecule has 0 aliphatic carbocycles. The van der Waals surface area contributed by atoms with Gasteiger partial charge in [0.2, 0.25) is 0 Å². The van der Waals surface area contributed by atoms with E-state index in [9.17, 15) is 4.79 Å². The van der Waals surface area contributed by atoms with Crippen LogP contribution in [0.15, 0.2) is 24.3 Å². The van der Waals surface area contributed by atoms with Gasteiger partial charge in [0.25, 0.3) is 0 Å². The van der Waals surface area contributed by atoms with Crippen LogP contribution >= 0.6 is 11.8 Å². The maximum absolute atomic E-state index is 12.1. The van der Waals surface area contributed by atoms with E-state index in [1.807, 2.05) is 31.2 Å². The summed E-state index contributed by atoms with van der Waals surface area (Å²) in [6, 6.07) is 7.51. The molecule has 0 N–H and O–H groups in total. The summed E-state index contributed by atoms with van der Waals surface area (Å²) in [5.74, 6) is 2.15. The molecule has 1 aromatic carbocycles. The molecule has 0 spiro atoms. The van der Waals surface area contributed by atoms with Crippen molar-refractivity contribution in [2.75, 3.05) is 12.4 Å². The first-order valence-electron chi connectivity index (χ1n) is 5.70. The standard InChI is InChI=1S/C13H16O2S/c1-2-15-11-6-3-5-10(9-11)13(14)12-7-4-8-16-12/h3,5-6,9,12H,2,4,7-8H2,1H3. The van der Waals surface area contributed by atoms with E-state index in [4.69, 9.17) is 4.74 Å². The molecule has 1 saturated heterocycles. The monoisotopic (exact) mass is 236 g/mol. The van der Waals surface area contributed by atoms with E-state index in [2.05, 4.69) is 0 Å². The first-order chi connectivity index (χ1) is 7.81. The number of hydrogen-bond donors (Lipinski definition) is 0. The number of ketones is 1. The largest absolute Gasteiger partial charge is 0.494 e. The molecule has 0 saturated carbocycles. The van der Waals surface area contributed by atoms with E-state index in [-0.39, 0.29) is 11.0 Å². The molecule has 1 fully saturated rings. The third kappa shape index (κ3) is 2.59. The van der Waals surface area contributed by atoms with E-state index in [0.29, 0.717) is 6.61 Å². The molecule has 1 aromatic rings. The normalized spacial score (nSPS) is 19.7. The van der Waals surface area contributed by atoms with Crippen molar-refractivity contribution >= 4 is 17.5 Å². The Labute approximate surface area is 100 Å². The van der Waals surface area contributed by atoms with Crippen molar-refractivity contribution < 1.29 is 9.53 Å². The second-order valence-electron chi connectivity index (χ2n) is 3.83. The molecule has 1 aliphatic heterocycles. The summed E-state index contributed by atoms with van der Waals surface area (Å²) in [5, 5.41) is 0.164. The molecule has 16 heavy (non-hydrogen) atoms. The summed E-state index contributed by atoms with van der Waals surface area (Å²) in [4.78, 5) is 12.1. The molecule has 0 aromatic heterocycles. The lowest BCUT2D eigenvalue weighted by Crippen LogP contribution is -2.14. The second kappa shape index (κ2) is 5.39. The average molecular weight is 236 g/mol. The van der Waals surface area contributed by atoms with Gasteiger partial charge >= 0.3 is 0 Å². The number of thioether (sulfide) groups is 1. The molecular weight excluding hydrogens is 220 g/mol. The number of Topliss-reactive ketones (excluding diaryl/α,β-unsaturated/α-hetero) is 1. The molecule has 0 amide bonds. The zero-order valence-electron chi connectivity index (χ0n) is 9.44. The highest BCUT2D eigenvalue weighted by molar-refractivity contribution is 8.00. The molecule has 2 nitrogen and oxygen atoms in total. The Kier molecular flexibility index (Phi) is 3.88. The summed E-state index contributed by atoms with van der Waals surface area (Å²) >= 11 is 1.77. The van der Waals surface area contributed by atoms with Crippen LogP contribution in [0.1, 0.15) is 30.1 Å². The van der Waals surface area contributed by atoms with Crippen LogP contribution < -0.4 is 4.74 Å². The van der Waals surface area contributed by atoms with E-state index in [0.717, 1.165) is 29.9 Å². The first kappa shape index (κ1) is 11.5. The summed E-state index contributed by atoms with van der Waals surface area (Å²) in [6.07, 6.45) is 2.18. The number of benzene rings is 1. The molecular formula is C13H16O2S.